The SMILES string of the molecule is CC1(C)CCCCC1C(N)CC1CCOc2ccccc21. The molecule has 3 unspecified atom stereocenters. The zero-order chi connectivity index (χ0) is 14.9. The second-order valence-corrected chi connectivity index (χ2v) is 7.61. The molecule has 1 aliphatic heterocycles. The van der Waals surface area contributed by atoms with Crippen molar-refractivity contribution < 1.29 is 4.74 Å². The quantitative estimate of drug-likeness (QED) is 0.889. The Labute approximate surface area is 129 Å². The van der Waals surface area contributed by atoms with Crippen LogP contribution in [0.1, 0.15) is 63.9 Å². The Kier molecular flexibility index (Phi) is 4.26. The molecule has 0 amide bonds. The molecule has 1 fully saturated rings. The van der Waals surface area contributed by atoms with Gasteiger partial charge in [-0.05, 0) is 54.6 Å². The Morgan fingerprint density at radius 1 is 1.24 bits per heavy atom. The third-order valence-corrected chi connectivity index (χ3v) is 5.75. The van der Waals surface area contributed by atoms with Crippen LogP contribution in [0.25, 0.3) is 0 Å². The molecule has 2 nitrogen and oxygen atoms in total. The van der Waals surface area contributed by atoms with Gasteiger partial charge >= 0.3 is 0 Å². The van der Waals surface area contributed by atoms with Crippen molar-refractivity contribution in [2.24, 2.45) is 17.1 Å². The number of para-hydroxylation sites is 1. The molecule has 0 bridgehead atoms. The number of fused-ring (bicyclic) bond motifs is 1. The fraction of sp³-hybridized carbons (Fsp3) is 0.684. The van der Waals surface area contributed by atoms with Gasteiger partial charge in [-0.25, -0.2) is 0 Å². The van der Waals surface area contributed by atoms with Crippen molar-refractivity contribution in [1.82, 2.24) is 0 Å². The van der Waals surface area contributed by atoms with Gasteiger partial charge in [0.15, 0.2) is 0 Å². The average Bonchev–Trinajstić information content (AvgIpc) is 2.47. The summed E-state index contributed by atoms with van der Waals surface area (Å²) in [4.78, 5) is 0. The van der Waals surface area contributed by atoms with Crippen LogP contribution in [0.4, 0.5) is 0 Å². The molecule has 2 N–H and O–H groups in total. The van der Waals surface area contributed by atoms with Crippen LogP contribution < -0.4 is 10.5 Å². The molecular formula is C19H29NO. The molecule has 2 heteroatoms. The lowest BCUT2D eigenvalue weighted by Gasteiger charge is -2.43. The maximum absolute atomic E-state index is 6.67. The Morgan fingerprint density at radius 2 is 2.05 bits per heavy atom. The lowest BCUT2D eigenvalue weighted by atomic mass is 9.64. The molecule has 1 aliphatic carbocycles. The first kappa shape index (κ1) is 14.9. The number of benzene rings is 1. The lowest BCUT2D eigenvalue weighted by Crippen LogP contribution is -2.42. The summed E-state index contributed by atoms with van der Waals surface area (Å²) in [6, 6.07) is 8.81. The predicted octanol–water partition coefficient (Wildman–Crippen LogP) is 4.49. The highest BCUT2D eigenvalue weighted by Crippen LogP contribution is 2.45. The Bertz CT molecular complexity index is 482. The summed E-state index contributed by atoms with van der Waals surface area (Å²) in [7, 11) is 0. The summed E-state index contributed by atoms with van der Waals surface area (Å²) in [5.74, 6) is 2.31. The minimum absolute atomic E-state index is 0.316. The van der Waals surface area contributed by atoms with Gasteiger partial charge in [0.2, 0.25) is 0 Å². The molecule has 0 aromatic heterocycles. The van der Waals surface area contributed by atoms with E-state index in [0.717, 1.165) is 25.2 Å². The van der Waals surface area contributed by atoms with E-state index >= 15 is 0 Å². The molecule has 1 aromatic rings. The summed E-state index contributed by atoms with van der Waals surface area (Å²) in [6.45, 7) is 5.66. The zero-order valence-corrected chi connectivity index (χ0v) is 13.5. The van der Waals surface area contributed by atoms with Crippen molar-refractivity contribution in [3.8, 4) is 5.75 Å². The number of hydrogen-bond donors (Lipinski definition) is 1. The topological polar surface area (TPSA) is 35.2 Å². The third-order valence-electron chi connectivity index (χ3n) is 5.75. The fourth-order valence-corrected chi connectivity index (χ4v) is 4.47. The first-order valence-corrected chi connectivity index (χ1v) is 8.55. The lowest BCUT2D eigenvalue weighted by molar-refractivity contribution is 0.104. The third kappa shape index (κ3) is 3.11. The Hall–Kier alpha value is -1.02. The minimum atomic E-state index is 0.316. The highest BCUT2D eigenvalue weighted by atomic mass is 16.5. The van der Waals surface area contributed by atoms with E-state index in [9.17, 15) is 0 Å². The van der Waals surface area contributed by atoms with Crippen molar-refractivity contribution in [2.45, 2.75) is 64.3 Å². The van der Waals surface area contributed by atoms with Gasteiger partial charge in [0, 0.05) is 6.04 Å². The molecule has 0 spiro atoms. The van der Waals surface area contributed by atoms with E-state index in [4.69, 9.17) is 10.5 Å². The molecule has 1 aromatic carbocycles. The van der Waals surface area contributed by atoms with E-state index in [1.54, 1.807) is 0 Å². The summed E-state index contributed by atoms with van der Waals surface area (Å²) < 4.78 is 5.78. The predicted molar refractivity (Wildman–Crippen MR) is 87.6 cm³/mol. The summed E-state index contributed by atoms with van der Waals surface area (Å²) >= 11 is 0. The van der Waals surface area contributed by atoms with Crippen LogP contribution in [0.5, 0.6) is 5.75 Å². The standard InChI is InChI=1S/C19H29NO/c1-19(2)11-6-5-8-16(19)17(20)13-14-10-12-21-18-9-4-3-7-15(14)18/h3-4,7,9,14,16-17H,5-6,8,10-13,20H2,1-2H3. The van der Waals surface area contributed by atoms with Gasteiger partial charge in [0.1, 0.15) is 5.75 Å². The van der Waals surface area contributed by atoms with Crippen LogP contribution in [-0.2, 0) is 0 Å². The number of hydrogen-bond acceptors (Lipinski definition) is 2. The molecule has 2 aliphatic rings. The molecule has 0 saturated heterocycles. The van der Waals surface area contributed by atoms with E-state index in [1.165, 1.54) is 31.2 Å². The fourth-order valence-electron chi connectivity index (χ4n) is 4.47. The molecule has 0 radical (unpaired) electrons. The van der Waals surface area contributed by atoms with Gasteiger partial charge < -0.3 is 10.5 Å². The van der Waals surface area contributed by atoms with E-state index in [0.29, 0.717) is 23.3 Å². The molecule has 116 valence electrons. The van der Waals surface area contributed by atoms with E-state index in [-0.39, 0.29) is 0 Å². The van der Waals surface area contributed by atoms with Crippen molar-refractivity contribution in [1.29, 1.82) is 0 Å². The van der Waals surface area contributed by atoms with Gasteiger partial charge in [-0.3, -0.25) is 0 Å². The molecule has 21 heavy (non-hydrogen) atoms. The van der Waals surface area contributed by atoms with Crippen LogP contribution in [0.15, 0.2) is 24.3 Å². The van der Waals surface area contributed by atoms with Crippen molar-refractivity contribution in [3.05, 3.63) is 29.8 Å². The van der Waals surface area contributed by atoms with Gasteiger partial charge in [-0.1, -0.05) is 44.9 Å². The highest BCUT2D eigenvalue weighted by Gasteiger charge is 2.37. The monoisotopic (exact) mass is 287 g/mol. The number of nitrogens with two attached hydrogens (primary N) is 1. The van der Waals surface area contributed by atoms with Crippen LogP contribution in [0, 0.1) is 11.3 Å². The highest BCUT2D eigenvalue weighted by molar-refractivity contribution is 5.37. The summed E-state index contributed by atoms with van der Waals surface area (Å²) in [6.07, 6.45) is 7.57. The minimum Gasteiger partial charge on any atom is -0.493 e. The van der Waals surface area contributed by atoms with Crippen LogP contribution in [0.2, 0.25) is 0 Å². The normalized spacial score (nSPS) is 29.3. The van der Waals surface area contributed by atoms with Crippen LogP contribution in [-0.4, -0.2) is 12.6 Å². The van der Waals surface area contributed by atoms with E-state index in [2.05, 4.69) is 38.1 Å². The average molecular weight is 287 g/mol. The number of rotatable bonds is 3. The Morgan fingerprint density at radius 3 is 2.86 bits per heavy atom. The van der Waals surface area contributed by atoms with Gasteiger partial charge in [-0.2, -0.15) is 0 Å². The van der Waals surface area contributed by atoms with Crippen LogP contribution in [0.3, 0.4) is 0 Å². The summed E-state index contributed by atoms with van der Waals surface area (Å²) in [5, 5.41) is 0. The first-order chi connectivity index (χ1) is 10.1. The smallest absolute Gasteiger partial charge is 0.122 e. The van der Waals surface area contributed by atoms with Crippen molar-refractivity contribution in [3.63, 3.8) is 0 Å². The summed E-state index contributed by atoms with van der Waals surface area (Å²) in [5.41, 5.74) is 8.44. The molecule has 1 saturated carbocycles. The maximum Gasteiger partial charge on any atom is 0.122 e. The van der Waals surface area contributed by atoms with Gasteiger partial charge in [-0.15, -0.1) is 0 Å². The van der Waals surface area contributed by atoms with Gasteiger partial charge in [0.25, 0.3) is 0 Å². The largest absolute Gasteiger partial charge is 0.493 e. The molecular weight excluding hydrogens is 258 g/mol. The van der Waals surface area contributed by atoms with Gasteiger partial charge in [0.05, 0.1) is 6.61 Å². The first-order valence-electron chi connectivity index (χ1n) is 8.55. The molecule has 1 heterocycles. The van der Waals surface area contributed by atoms with Crippen molar-refractivity contribution in [2.75, 3.05) is 6.61 Å². The number of ether oxygens (including phenoxy) is 1. The van der Waals surface area contributed by atoms with E-state index < -0.39 is 0 Å². The van der Waals surface area contributed by atoms with Crippen molar-refractivity contribution >= 4 is 0 Å². The maximum atomic E-state index is 6.67. The molecule has 3 rings (SSSR count). The van der Waals surface area contributed by atoms with E-state index in [1.807, 2.05) is 0 Å². The molecule has 3 atom stereocenters. The second kappa shape index (κ2) is 6.00. The zero-order valence-electron chi connectivity index (χ0n) is 13.5. The Balaban J connectivity index is 1.72. The second-order valence-electron chi connectivity index (χ2n) is 7.61. The van der Waals surface area contributed by atoms with Crippen LogP contribution >= 0.6 is 0 Å².